The molecule has 0 spiro atoms. The second kappa shape index (κ2) is 15.2. The van der Waals surface area contributed by atoms with Crippen molar-refractivity contribution in [3.05, 3.63) is 129 Å². The molecule has 4 rings (SSSR count). The molecule has 0 aliphatic heterocycles. The van der Waals surface area contributed by atoms with Gasteiger partial charge in [0.25, 0.3) is 5.09 Å². The molecule has 1 N–H and O–H groups in total. The maximum absolute atomic E-state index is 12.1. The SMILES string of the molecule is COc1ccccc1C(=O)Oc1ccc(CO)cc1.COc1ccccc1C(=O)Oc1ccc(CO[N+](=O)[O-])cc1. The maximum Gasteiger partial charge on any atom is 0.347 e. The number of hydrogen-bond donors (Lipinski definition) is 1. The van der Waals surface area contributed by atoms with E-state index >= 15 is 0 Å². The van der Waals surface area contributed by atoms with Crippen LogP contribution in [0.25, 0.3) is 0 Å². The van der Waals surface area contributed by atoms with E-state index in [1.165, 1.54) is 26.4 Å². The molecule has 0 heterocycles. The van der Waals surface area contributed by atoms with E-state index in [1.54, 1.807) is 84.9 Å². The van der Waals surface area contributed by atoms with Crippen molar-refractivity contribution < 1.29 is 43.6 Å². The van der Waals surface area contributed by atoms with Crippen LogP contribution >= 0.6 is 0 Å². The quantitative estimate of drug-likeness (QED) is 0.121. The minimum atomic E-state index is -0.865. The zero-order valence-electron chi connectivity index (χ0n) is 22.2. The van der Waals surface area contributed by atoms with Gasteiger partial charge in [0.05, 0.1) is 20.8 Å². The van der Waals surface area contributed by atoms with Gasteiger partial charge in [-0.2, -0.15) is 0 Å². The van der Waals surface area contributed by atoms with E-state index in [2.05, 4.69) is 4.84 Å². The molecule has 0 fully saturated rings. The molecule has 0 aromatic heterocycles. The molecule has 0 radical (unpaired) electrons. The lowest BCUT2D eigenvalue weighted by Gasteiger charge is -2.08. The lowest BCUT2D eigenvalue weighted by Crippen LogP contribution is -2.10. The number of carbonyl (C=O) groups excluding carboxylic acids is 2. The van der Waals surface area contributed by atoms with E-state index < -0.39 is 17.0 Å². The fraction of sp³-hybridized carbons (Fsp3) is 0.133. The van der Waals surface area contributed by atoms with Gasteiger partial charge in [-0.1, -0.05) is 48.5 Å². The molecule has 0 saturated carbocycles. The summed E-state index contributed by atoms with van der Waals surface area (Å²) in [6.07, 6.45) is 0. The molecule has 0 atom stereocenters. The highest BCUT2D eigenvalue weighted by Gasteiger charge is 2.15. The number of aliphatic hydroxyl groups excluding tert-OH is 1. The Morgan fingerprint density at radius 3 is 1.49 bits per heavy atom. The molecule has 11 heteroatoms. The largest absolute Gasteiger partial charge is 0.496 e. The molecule has 0 unspecified atom stereocenters. The number of hydrogen-bond acceptors (Lipinski definition) is 10. The van der Waals surface area contributed by atoms with Crippen LogP contribution < -0.4 is 18.9 Å². The third-order valence-electron chi connectivity index (χ3n) is 5.44. The monoisotopic (exact) mass is 561 g/mol. The van der Waals surface area contributed by atoms with Crippen molar-refractivity contribution in [2.45, 2.75) is 13.2 Å². The molecular weight excluding hydrogens is 534 g/mol. The van der Waals surface area contributed by atoms with Crippen LogP contribution in [0.2, 0.25) is 0 Å². The summed E-state index contributed by atoms with van der Waals surface area (Å²) in [6.45, 7) is -0.200. The van der Waals surface area contributed by atoms with Crippen LogP contribution in [0.15, 0.2) is 97.1 Å². The van der Waals surface area contributed by atoms with Gasteiger partial charge in [0.2, 0.25) is 0 Å². The predicted octanol–water partition coefficient (Wildman–Crippen LogP) is 5.03. The number of nitrogens with zero attached hydrogens (tertiary/aromatic N) is 1. The van der Waals surface area contributed by atoms with Crippen molar-refractivity contribution in [2.24, 2.45) is 0 Å². The first-order valence-electron chi connectivity index (χ1n) is 12.1. The fourth-order valence-corrected chi connectivity index (χ4v) is 3.39. The maximum atomic E-state index is 12.1. The summed E-state index contributed by atoms with van der Waals surface area (Å²) >= 11 is 0. The van der Waals surface area contributed by atoms with Gasteiger partial charge in [-0.3, -0.25) is 0 Å². The molecule has 4 aromatic carbocycles. The minimum absolute atomic E-state index is 0.0409. The van der Waals surface area contributed by atoms with Crippen LogP contribution in [0.3, 0.4) is 0 Å². The predicted molar refractivity (Wildman–Crippen MR) is 146 cm³/mol. The van der Waals surface area contributed by atoms with Crippen molar-refractivity contribution in [1.82, 2.24) is 0 Å². The molecule has 0 aliphatic rings. The number of methoxy groups -OCH3 is 2. The van der Waals surface area contributed by atoms with E-state index in [4.69, 9.17) is 24.1 Å². The zero-order valence-corrected chi connectivity index (χ0v) is 22.2. The Hall–Kier alpha value is -5.42. The average Bonchev–Trinajstić information content (AvgIpc) is 3.01. The minimum Gasteiger partial charge on any atom is -0.496 e. The summed E-state index contributed by atoms with van der Waals surface area (Å²) in [4.78, 5) is 38.4. The van der Waals surface area contributed by atoms with Crippen molar-refractivity contribution in [1.29, 1.82) is 0 Å². The van der Waals surface area contributed by atoms with Crippen LogP contribution in [0.1, 0.15) is 31.8 Å². The average molecular weight is 562 g/mol. The highest BCUT2D eigenvalue weighted by atomic mass is 16.9. The highest BCUT2D eigenvalue weighted by molar-refractivity contribution is 5.94. The Morgan fingerprint density at radius 2 is 1.10 bits per heavy atom. The first kappa shape index (κ1) is 30.1. The number of ether oxygens (including phenoxy) is 4. The van der Waals surface area contributed by atoms with E-state index in [-0.39, 0.29) is 13.2 Å². The lowest BCUT2D eigenvalue weighted by molar-refractivity contribution is -0.763. The van der Waals surface area contributed by atoms with Crippen molar-refractivity contribution in [3.8, 4) is 23.0 Å². The van der Waals surface area contributed by atoms with E-state index in [9.17, 15) is 19.7 Å². The number of benzene rings is 4. The number of para-hydroxylation sites is 2. The normalized spacial score (nSPS) is 9.93. The van der Waals surface area contributed by atoms with Crippen LogP contribution in [0.4, 0.5) is 0 Å². The second-order valence-electron chi connectivity index (χ2n) is 8.12. The molecular formula is C30H27NO10. The van der Waals surface area contributed by atoms with Crippen molar-refractivity contribution in [2.75, 3.05) is 14.2 Å². The summed E-state index contributed by atoms with van der Waals surface area (Å²) in [7, 11) is 2.97. The standard InChI is InChI=1S/C15H13NO6.C15H14O4/c1-20-14-5-3-2-4-13(14)15(17)22-12-8-6-11(7-9-12)10-21-16(18)19;1-18-14-5-3-2-4-13(14)15(17)19-12-8-6-11(10-16)7-9-12/h2-9H,10H2,1H3;2-9,16H,10H2,1H3. The van der Waals surface area contributed by atoms with E-state index in [1.807, 2.05) is 0 Å². The summed E-state index contributed by atoms with van der Waals surface area (Å²) in [5.74, 6) is 0.609. The second-order valence-corrected chi connectivity index (χ2v) is 8.12. The Labute approximate surface area is 235 Å². The van der Waals surface area contributed by atoms with Gasteiger partial charge in [-0.05, 0) is 59.7 Å². The third-order valence-corrected chi connectivity index (χ3v) is 5.44. The lowest BCUT2D eigenvalue weighted by atomic mass is 10.2. The summed E-state index contributed by atoms with van der Waals surface area (Å²) in [6, 6.07) is 26.5. The van der Waals surface area contributed by atoms with Crippen LogP contribution in [0, 0.1) is 10.1 Å². The number of rotatable bonds is 10. The Balaban J connectivity index is 0.000000228. The van der Waals surface area contributed by atoms with Gasteiger partial charge in [-0.15, -0.1) is 10.1 Å². The van der Waals surface area contributed by atoms with Gasteiger partial charge in [0, 0.05) is 0 Å². The molecule has 11 nitrogen and oxygen atoms in total. The van der Waals surface area contributed by atoms with Crippen LogP contribution in [-0.4, -0.2) is 36.4 Å². The zero-order chi connectivity index (χ0) is 29.6. The summed E-state index contributed by atoms with van der Waals surface area (Å²) < 4.78 is 20.7. The van der Waals surface area contributed by atoms with Crippen LogP contribution in [0.5, 0.6) is 23.0 Å². The van der Waals surface area contributed by atoms with Gasteiger partial charge in [-0.25, -0.2) is 9.59 Å². The molecule has 4 aromatic rings. The van der Waals surface area contributed by atoms with Crippen molar-refractivity contribution >= 4 is 11.9 Å². The van der Waals surface area contributed by atoms with Gasteiger partial charge in [0.1, 0.15) is 40.7 Å². The number of aliphatic hydroxyl groups is 1. The smallest absolute Gasteiger partial charge is 0.347 e. The number of carbonyl (C=O) groups is 2. The number of esters is 2. The molecule has 0 bridgehead atoms. The molecule has 212 valence electrons. The first-order valence-corrected chi connectivity index (χ1v) is 12.1. The highest BCUT2D eigenvalue weighted by Crippen LogP contribution is 2.22. The molecule has 0 amide bonds. The van der Waals surface area contributed by atoms with E-state index in [0.717, 1.165) is 5.56 Å². The van der Waals surface area contributed by atoms with Crippen LogP contribution in [-0.2, 0) is 18.1 Å². The van der Waals surface area contributed by atoms with E-state index in [0.29, 0.717) is 39.7 Å². The van der Waals surface area contributed by atoms with Crippen molar-refractivity contribution in [3.63, 3.8) is 0 Å². The fourth-order valence-electron chi connectivity index (χ4n) is 3.39. The molecule has 0 aliphatic carbocycles. The summed E-state index contributed by atoms with van der Waals surface area (Å²) in [5, 5.41) is 18.2. The van der Waals surface area contributed by atoms with Gasteiger partial charge >= 0.3 is 11.9 Å². The molecule has 41 heavy (non-hydrogen) atoms. The topological polar surface area (TPSA) is 144 Å². The summed E-state index contributed by atoms with van der Waals surface area (Å²) in [5.41, 5.74) is 2.04. The first-order chi connectivity index (χ1) is 19.8. The Kier molecular flexibility index (Phi) is 11.2. The van der Waals surface area contributed by atoms with Gasteiger partial charge < -0.3 is 28.9 Å². The Morgan fingerprint density at radius 1 is 0.683 bits per heavy atom. The third kappa shape index (κ3) is 9.08. The molecule has 0 saturated heterocycles. The van der Waals surface area contributed by atoms with Gasteiger partial charge in [0.15, 0.2) is 0 Å². The Bertz CT molecular complexity index is 1450.